The van der Waals surface area contributed by atoms with Gasteiger partial charge in [-0.15, -0.1) is 0 Å². The lowest BCUT2D eigenvalue weighted by atomic mass is 10.1. The Balaban J connectivity index is 2.39. The van der Waals surface area contributed by atoms with Crippen molar-refractivity contribution in [3.8, 4) is 17.7 Å². The van der Waals surface area contributed by atoms with Crippen LogP contribution in [0.25, 0.3) is 0 Å². The molecule has 0 saturated carbocycles. The molecule has 1 heterocycles. The van der Waals surface area contributed by atoms with Crippen LogP contribution in [0.15, 0.2) is 30.5 Å². The fourth-order valence-corrected chi connectivity index (χ4v) is 1.71. The Labute approximate surface area is 115 Å². The second-order valence-electron chi connectivity index (χ2n) is 4.23. The maximum Gasteiger partial charge on any atom is 0.269 e. The van der Waals surface area contributed by atoms with Crippen LogP contribution in [-0.4, -0.2) is 9.91 Å². The predicted molar refractivity (Wildman–Crippen MR) is 71.6 cm³/mol. The van der Waals surface area contributed by atoms with Gasteiger partial charge in [0.1, 0.15) is 17.4 Å². The number of aromatic nitrogens is 1. The third-order valence-electron chi connectivity index (χ3n) is 2.81. The van der Waals surface area contributed by atoms with Gasteiger partial charge < -0.3 is 4.74 Å². The molecule has 0 aliphatic carbocycles. The van der Waals surface area contributed by atoms with Crippen LogP contribution in [0.4, 0.5) is 5.69 Å². The summed E-state index contributed by atoms with van der Waals surface area (Å²) in [5.74, 6) is 0.634. The Morgan fingerprint density at radius 2 is 2.05 bits per heavy atom. The molecule has 0 N–H and O–H groups in total. The van der Waals surface area contributed by atoms with Gasteiger partial charge in [0.15, 0.2) is 0 Å². The van der Waals surface area contributed by atoms with Crippen LogP contribution in [0.2, 0.25) is 0 Å². The summed E-state index contributed by atoms with van der Waals surface area (Å²) >= 11 is 0. The highest BCUT2D eigenvalue weighted by atomic mass is 16.6. The van der Waals surface area contributed by atoms with Gasteiger partial charge in [0, 0.05) is 18.3 Å². The molecule has 0 saturated heterocycles. The molecule has 100 valence electrons. The van der Waals surface area contributed by atoms with Gasteiger partial charge in [-0.05, 0) is 37.1 Å². The molecule has 0 bridgehead atoms. The molecular formula is C14H11N3O3. The topological polar surface area (TPSA) is 89.1 Å². The Kier molecular flexibility index (Phi) is 3.62. The van der Waals surface area contributed by atoms with E-state index in [1.54, 1.807) is 26.1 Å². The summed E-state index contributed by atoms with van der Waals surface area (Å²) in [5.41, 5.74) is 1.71. The summed E-state index contributed by atoms with van der Waals surface area (Å²) in [6, 6.07) is 8.02. The first-order valence-corrected chi connectivity index (χ1v) is 5.81. The molecule has 0 radical (unpaired) electrons. The lowest BCUT2D eigenvalue weighted by Gasteiger charge is -2.09. The minimum Gasteiger partial charge on any atom is -0.437 e. The average molecular weight is 269 g/mol. The number of hydrogen-bond donors (Lipinski definition) is 0. The number of benzene rings is 1. The molecule has 0 atom stereocenters. The molecular weight excluding hydrogens is 258 g/mol. The third-order valence-corrected chi connectivity index (χ3v) is 2.81. The highest BCUT2D eigenvalue weighted by Gasteiger charge is 2.13. The number of ether oxygens (including phenoxy) is 1. The maximum absolute atomic E-state index is 10.7. The van der Waals surface area contributed by atoms with E-state index in [2.05, 4.69) is 4.98 Å². The van der Waals surface area contributed by atoms with E-state index in [1.807, 2.05) is 6.07 Å². The molecule has 0 fully saturated rings. The molecule has 0 aliphatic heterocycles. The van der Waals surface area contributed by atoms with E-state index in [0.29, 0.717) is 16.9 Å². The quantitative estimate of drug-likeness (QED) is 0.630. The summed E-state index contributed by atoms with van der Waals surface area (Å²) < 4.78 is 5.59. The molecule has 0 spiro atoms. The number of nitro benzene ring substituents is 1. The van der Waals surface area contributed by atoms with E-state index in [-0.39, 0.29) is 11.6 Å². The zero-order chi connectivity index (χ0) is 14.7. The third kappa shape index (κ3) is 2.57. The molecule has 0 unspecified atom stereocenters. The number of hydrogen-bond acceptors (Lipinski definition) is 5. The van der Waals surface area contributed by atoms with Crippen molar-refractivity contribution in [3.63, 3.8) is 0 Å². The lowest BCUT2D eigenvalue weighted by Crippen LogP contribution is -1.96. The first-order valence-electron chi connectivity index (χ1n) is 5.81. The fraction of sp³-hybridized carbons (Fsp3) is 0.143. The van der Waals surface area contributed by atoms with Crippen molar-refractivity contribution in [1.29, 1.82) is 5.26 Å². The van der Waals surface area contributed by atoms with Crippen molar-refractivity contribution in [2.24, 2.45) is 0 Å². The standard InChI is InChI=1S/C14H11N3O3/c1-9-5-6-16-14(12(9)8-15)20-13-4-3-11(17(18)19)7-10(13)2/h3-7H,1-2H3. The normalized spacial score (nSPS) is 9.85. The van der Waals surface area contributed by atoms with Crippen molar-refractivity contribution in [3.05, 3.63) is 57.3 Å². The minimum atomic E-state index is -0.470. The number of rotatable bonds is 3. The fourth-order valence-electron chi connectivity index (χ4n) is 1.71. The van der Waals surface area contributed by atoms with Gasteiger partial charge in [-0.2, -0.15) is 5.26 Å². The second kappa shape index (κ2) is 5.36. The summed E-state index contributed by atoms with van der Waals surface area (Å²) in [7, 11) is 0. The monoisotopic (exact) mass is 269 g/mol. The van der Waals surface area contributed by atoms with Crippen LogP contribution in [0.3, 0.4) is 0 Å². The van der Waals surface area contributed by atoms with Gasteiger partial charge in [0.05, 0.1) is 4.92 Å². The first kappa shape index (κ1) is 13.5. The number of non-ortho nitro benzene ring substituents is 1. The molecule has 0 aliphatic rings. The summed E-state index contributed by atoms with van der Waals surface area (Å²) in [4.78, 5) is 14.2. The molecule has 2 aromatic rings. The highest BCUT2D eigenvalue weighted by Crippen LogP contribution is 2.29. The highest BCUT2D eigenvalue weighted by molar-refractivity contribution is 5.48. The van der Waals surface area contributed by atoms with Gasteiger partial charge >= 0.3 is 0 Å². The number of pyridine rings is 1. The summed E-state index contributed by atoms with van der Waals surface area (Å²) in [6.07, 6.45) is 1.55. The molecule has 2 rings (SSSR count). The summed E-state index contributed by atoms with van der Waals surface area (Å²) in [6.45, 7) is 3.49. The zero-order valence-corrected chi connectivity index (χ0v) is 11.0. The average Bonchev–Trinajstić information content (AvgIpc) is 2.41. The molecule has 1 aromatic heterocycles. The van der Waals surface area contributed by atoms with Crippen LogP contribution in [-0.2, 0) is 0 Å². The van der Waals surface area contributed by atoms with Gasteiger partial charge in [-0.3, -0.25) is 10.1 Å². The second-order valence-corrected chi connectivity index (χ2v) is 4.23. The van der Waals surface area contributed by atoms with E-state index in [1.165, 1.54) is 18.2 Å². The molecule has 0 amide bonds. The largest absolute Gasteiger partial charge is 0.437 e. The Bertz CT molecular complexity index is 720. The van der Waals surface area contributed by atoms with Crippen LogP contribution >= 0.6 is 0 Å². The zero-order valence-electron chi connectivity index (χ0n) is 11.0. The van der Waals surface area contributed by atoms with Gasteiger partial charge in [-0.1, -0.05) is 0 Å². The van der Waals surface area contributed by atoms with Crippen molar-refractivity contribution in [1.82, 2.24) is 4.98 Å². The van der Waals surface area contributed by atoms with Crippen molar-refractivity contribution in [2.45, 2.75) is 13.8 Å². The van der Waals surface area contributed by atoms with Crippen molar-refractivity contribution in [2.75, 3.05) is 0 Å². The minimum absolute atomic E-state index is 0.00689. The number of nitrogens with zero attached hydrogens (tertiary/aromatic N) is 3. The van der Waals surface area contributed by atoms with Crippen LogP contribution in [0.5, 0.6) is 11.6 Å². The number of nitro groups is 1. The molecule has 20 heavy (non-hydrogen) atoms. The number of nitriles is 1. The van der Waals surface area contributed by atoms with Crippen molar-refractivity contribution < 1.29 is 9.66 Å². The van der Waals surface area contributed by atoms with E-state index < -0.39 is 4.92 Å². The Morgan fingerprint density at radius 3 is 2.65 bits per heavy atom. The molecule has 6 heteroatoms. The SMILES string of the molecule is Cc1cc([N+](=O)[O-])ccc1Oc1nccc(C)c1C#N. The Hall–Kier alpha value is -2.94. The van der Waals surface area contributed by atoms with Gasteiger partial charge in [0.2, 0.25) is 5.88 Å². The van der Waals surface area contributed by atoms with E-state index in [0.717, 1.165) is 5.56 Å². The van der Waals surface area contributed by atoms with Crippen molar-refractivity contribution >= 4 is 5.69 Å². The van der Waals surface area contributed by atoms with E-state index in [9.17, 15) is 10.1 Å². The molecule has 1 aromatic carbocycles. The smallest absolute Gasteiger partial charge is 0.269 e. The van der Waals surface area contributed by atoms with Crippen LogP contribution < -0.4 is 4.74 Å². The van der Waals surface area contributed by atoms with Crippen LogP contribution in [0, 0.1) is 35.3 Å². The first-order chi connectivity index (χ1) is 9.52. The maximum atomic E-state index is 10.7. The van der Waals surface area contributed by atoms with Gasteiger partial charge in [0.25, 0.3) is 5.69 Å². The van der Waals surface area contributed by atoms with Crippen LogP contribution in [0.1, 0.15) is 16.7 Å². The van der Waals surface area contributed by atoms with E-state index >= 15 is 0 Å². The lowest BCUT2D eigenvalue weighted by molar-refractivity contribution is -0.384. The van der Waals surface area contributed by atoms with E-state index in [4.69, 9.17) is 10.00 Å². The summed E-state index contributed by atoms with van der Waals surface area (Å²) in [5, 5.41) is 19.8. The van der Waals surface area contributed by atoms with Gasteiger partial charge in [-0.25, -0.2) is 4.98 Å². The number of aryl methyl sites for hydroxylation is 2. The molecule has 6 nitrogen and oxygen atoms in total. The predicted octanol–water partition coefficient (Wildman–Crippen LogP) is 3.27. The Morgan fingerprint density at radius 1 is 1.30 bits per heavy atom.